The molecule has 0 atom stereocenters. The van der Waals surface area contributed by atoms with Gasteiger partial charge in [0.25, 0.3) is 0 Å². The number of ether oxygens (including phenoxy) is 2. The van der Waals surface area contributed by atoms with Crippen molar-refractivity contribution < 1.29 is 9.47 Å². The van der Waals surface area contributed by atoms with Crippen LogP contribution in [0.1, 0.15) is 31.2 Å². The second-order valence-electron chi connectivity index (χ2n) is 5.95. The fraction of sp³-hybridized carbons (Fsp3) is 0.588. The van der Waals surface area contributed by atoms with E-state index < -0.39 is 0 Å². The summed E-state index contributed by atoms with van der Waals surface area (Å²) in [4.78, 5) is 4.26. The van der Waals surface area contributed by atoms with Crippen LogP contribution in [0.5, 0.6) is 11.5 Å². The number of benzene rings is 1. The molecule has 1 fully saturated rings. The first kappa shape index (κ1) is 15.0. The zero-order chi connectivity index (χ0) is 15.2. The van der Waals surface area contributed by atoms with E-state index >= 15 is 0 Å². The molecule has 3 rings (SSSR count). The highest BCUT2D eigenvalue weighted by Crippen LogP contribution is 2.33. The number of hydrogen-bond acceptors (Lipinski definition) is 3. The fourth-order valence-electron chi connectivity index (χ4n) is 2.65. The first-order chi connectivity index (χ1) is 10.8. The van der Waals surface area contributed by atoms with Gasteiger partial charge < -0.3 is 20.1 Å². The molecule has 120 valence electrons. The molecule has 0 aromatic heterocycles. The van der Waals surface area contributed by atoms with Crippen LogP contribution in [0.4, 0.5) is 0 Å². The van der Waals surface area contributed by atoms with E-state index in [2.05, 4.69) is 27.8 Å². The molecule has 1 heterocycles. The fourth-order valence-corrected chi connectivity index (χ4v) is 2.65. The molecule has 0 unspecified atom stereocenters. The highest BCUT2D eigenvalue weighted by atomic mass is 16.7. The number of hydrogen-bond donors (Lipinski definition) is 2. The van der Waals surface area contributed by atoms with Crippen molar-refractivity contribution >= 4 is 5.96 Å². The van der Waals surface area contributed by atoms with Gasteiger partial charge in [-0.25, -0.2) is 0 Å². The van der Waals surface area contributed by atoms with Gasteiger partial charge in [-0.1, -0.05) is 18.9 Å². The molecule has 5 heteroatoms. The number of guanidine groups is 1. The quantitative estimate of drug-likeness (QED) is 0.461. The molecular weight excluding hydrogens is 278 g/mol. The molecule has 0 radical (unpaired) electrons. The van der Waals surface area contributed by atoms with E-state index in [4.69, 9.17) is 9.47 Å². The zero-order valence-electron chi connectivity index (χ0n) is 13.2. The third-order valence-corrected chi connectivity index (χ3v) is 4.15. The van der Waals surface area contributed by atoms with E-state index in [9.17, 15) is 0 Å². The van der Waals surface area contributed by atoms with Crippen molar-refractivity contribution in [1.29, 1.82) is 0 Å². The number of rotatable bonds is 7. The van der Waals surface area contributed by atoms with E-state index in [1.54, 1.807) is 0 Å². The lowest BCUT2D eigenvalue weighted by molar-refractivity contribution is 0.174. The summed E-state index contributed by atoms with van der Waals surface area (Å²) < 4.78 is 10.7. The van der Waals surface area contributed by atoms with Crippen LogP contribution in [0.2, 0.25) is 0 Å². The Morgan fingerprint density at radius 1 is 1.18 bits per heavy atom. The Morgan fingerprint density at radius 2 is 2.00 bits per heavy atom. The van der Waals surface area contributed by atoms with Crippen LogP contribution in [0.3, 0.4) is 0 Å². The molecule has 1 aromatic rings. The van der Waals surface area contributed by atoms with E-state index in [0.29, 0.717) is 6.79 Å². The molecule has 0 spiro atoms. The molecule has 0 bridgehead atoms. The van der Waals surface area contributed by atoms with Crippen LogP contribution in [0, 0.1) is 5.92 Å². The van der Waals surface area contributed by atoms with E-state index in [1.807, 2.05) is 13.1 Å². The second kappa shape index (κ2) is 7.38. The highest BCUT2D eigenvalue weighted by Gasteiger charge is 2.20. The summed E-state index contributed by atoms with van der Waals surface area (Å²) in [5.41, 5.74) is 1.24. The van der Waals surface area contributed by atoms with Gasteiger partial charge in [0, 0.05) is 20.1 Å². The lowest BCUT2D eigenvalue weighted by Gasteiger charge is -2.12. The Balaban J connectivity index is 1.35. The van der Waals surface area contributed by atoms with Gasteiger partial charge in [0.1, 0.15) is 0 Å². The predicted molar refractivity (Wildman–Crippen MR) is 87.6 cm³/mol. The topological polar surface area (TPSA) is 54.9 Å². The van der Waals surface area contributed by atoms with Crippen LogP contribution in [0.15, 0.2) is 23.2 Å². The Kier molecular flexibility index (Phi) is 5.03. The maximum absolute atomic E-state index is 5.40. The van der Waals surface area contributed by atoms with Crippen molar-refractivity contribution in [3.05, 3.63) is 23.8 Å². The second-order valence-corrected chi connectivity index (χ2v) is 5.95. The Morgan fingerprint density at radius 3 is 2.82 bits per heavy atom. The maximum Gasteiger partial charge on any atom is 0.231 e. The smallest absolute Gasteiger partial charge is 0.231 e. The standard InChI is InChI=1S/C17H25N3O2/c1-18-17(19-9-2-3-13-4-5-13)20-10-8-14-6-7-15-16(11-14)22-12-21-15/h6-7,11,13H,2-5,8-10,12H2,1H3,(H2,18,19,20). The van der Waals surface area contributed by atoms with Crippen LogP contribution in [0.25, 0.3) is 0 Å². The van der Waals surface area contributed by atoms with Crippen molar-refractivity contribution in [1.82, 2.24) is 10.6 Å². The Bertz CT molecular complexity index is 527. The molecule has 1 saturated carbocycles. The lowest BCUT2D eigenvalue weighted by Crippen LogP contribution is -2.38. The normalized spacial score (nSPS) is 16.7. The van der Waals surface area contributed by atoms with Crippen LogP contribution in [-0.2, 0) is 6.42 Å². The third-order valence-electron chi connectivity index (χ3n) is 4.15. The van der Waals surface area contributed by atoms with Gasteiger partial charge in [0.2, 0.25) is 6.79 Å². The van der Waals surface area contributed by atoms with E-state index in [1.165, 1.54) is 31.2 Å². The first-order valence-corrected chi connectivity index (χ1v) is 8.18. The zero-order valence-corrected chi connectivity index (χ0v) is 13.2. The minimum atomic E-state index is 0.328. The Hall–Kier alpha value is -1.91. The third kappa shape index (κ3) is 4.29. The molecule has 22 heavy (non-hydrogen) atoms. The summed E-state index contributed by atoms with van der Waals surface area (Å²) in [5.74, 6) is 3.57. The maximum atomic E-state index is 5.40. The predicted octanol–water partition coefficient (Wildman–Crippen LogP) is 2.31. The van der Waals surface area contributed by atoms with Crippen LogP contribution < -0.4 is 20.1 Å². The minimum absolute atomic E-state index is 0.328. The van der Waals surface area contributed by atoms with Crippen molar-refractivity contribution in [2.75, 3.05) is 26.9 Å². The lowest BCUT2D eigenvalue weighted by atomic mass is 10.1. The molecular formula is C17H25N3O2. The summed E-state index contributed by atoms with van der Waals surface area (Å²) >= 11 is 0. The summed E-state index contributed by atoms with van der Waals surface area (Å²) in [6, 6.07) is 6.11. The molecule has 2 N–H and O–H groups in total. The van der Waals surface area contributed by atoms with Gasteiger partial charge in [-0.15, -0.1) is 0 Å². The molecule has 1 aliphatic carbocycles. The van der Waals surface area contributed by atoms with Gasteiger partial charge in [-0.3, -0.25) is 4.99 Å². The minimum Gasteiger partial charge on any atom is -0.454 e. The monoisotopic (exact) mass is 303 g/mol. The average Bonchev–Trinajstić information content (AvgIpc) is 3.25. The van der Waals surface area contributed by atoms with Crippen molar-refractivity contribution in [2.24, 2.45) is 10.9 Å². The molecule has 2 aliphatic rings. The summed E-state index contributed by atoms with van der Waals surface area (Å²) in [6.45, 7) is 2.18. The van der Waals surface area contributed by atoms with Crippen LogP contribution >= 0.6 is 0 Å². The molecule has 0 saturated heterocycles. The molecule has 1 aliphatic heterocycles. The number of nitrogens with one attached hydrogen (secondary N) is 2. The van der Waals surface area contributed by atoms with Crippen molar-refractivity contribution in [2.45, 2.75) is 32.1 Å². The van der Waals surface area contributed by atoms with Gasteiger partial charge in [0.15, 0.2) is 17.5 Å². The SMILES string of the molecule is CN=C(NCCCC1CC1)NCCc1ccc2c(c1)OCO2. The average molecular weight is 303 g/mol. The van der Waals surface area contributed by atoms with Gasteiger partial charge in [0.05, 0.1) is 0 Å². The number of nitrogens with zero attached hydrogens (tertiary/aromatic N) is 1. The van der Waals surface area contributed by atoms with Crippen molar-refractivity contribution in [3.63, 3.8) is 0 Å². The molecule has 1 aromatic carbocycles. The van der Waals surface area contributed by atoms with E-state index in [-0.39, 0.29) is 0 Å². The van der Waals surface area contributed by atoms with Crippen molar-refractivity contribution in [3.8, 4) is 11.5 Å². The van der Waals surface area contributed by atoms with Gasteiger partial charge in [-0.2, -0.15) is 0 Å². The first-order valence-electron chi connectivity index (χ1n) is 8.18. The highest BCUT2D eigenvalue weighted by molar-refractivity contribution is 5.79. The summed E-state index contributed by atoms with van der Waals surface area (Å²) in [6.07, 6.45) is 6.37. The molecule has 0 amide bonds. The summed E-state index contributed by atoms with van der Waals surface area (Å²) in [5, 5.41) is 6.73. The van der Waals surface area contributed by atoms with Crippen LogP contribution in [-0.4, -0.2) is 32.9 Å². The largest absolute Gasteiger partial charge is 0.454 e. The van der Waals surface area contributed by atoms with Gasteiger partial charge in [-0.05, 0) is 42.9 Å². The molecule has 5 nitrogen and oxygen atoms in total. The number of fused-ring (bicyclic) bond motifs is 1. The summed E-state index contributed by atoms with van der Waals surface area (Å²) in [7, 11) is 1.82. The number of aliphatic imine (C=N–C) groups is 1. The van der Waals surface area contributed by atoms with E-state index in [0.717, 1.165) is 42.9 Å². The Labute approximate surface area is 132 Å². The van der Waals surface area contributed by atoms with Gasteiger partial charge >= 0.3 is 0 Å².